The van der Waals surface area contributed by atoms with Crippen LogP contribution in [-0.2, 0) is 4.79 Å². The van der Waals surface area contributed by atoms with Crippen LogP contribution < -0.4 is 15.2 Å². The number of halogens is 1. The lowest BCUT2D eigenvalue weighted by atomic mass is 9.82. The Kier molecular flexibility index (Phi) is 6.32. The quantitative estimate of drug-likeness (QED) is 0.690. The van der Waals surface area contributed by atoms with Crippen LogP contribution in [0.1, 0.15) is 57.2 Å². The third-order valence-corrected chi connectivity index (χ3v) is 7.96. The van der Waals surface area contributed by atoms with Gasteiger partial charge >= 0.3 is 0 Å². The van der Waals surface area contributed by atoms with E-state index >= 15 is 4.39 Å². The summed E-state index contributed by atoms with van der Waals surface area (Å²) >= 11 is 0. The van der Waals surface area contributed by atoms with Crippen molar-refractivity contribution in [3.05, 3.63) is 23.8 Å². The summed E-state index contributed by atoms with van der Waals surface area (Å²) in [7, 11) is 2.82. The molecule has 3 atom stereocenters. The fourth-order valence-electron chi connectivity index (χ4n) is 6.19. The van der Waals surface area contributed by atoms with Crippen LogP contribution >= 0.6 is 0 Å². The van der Waals surface area contributed by atoms with Gasteiger partial charge in [-0.25, -0.2) is 14.4 Å². The molecule has 182 valence electrons. The Morgan fingerprint density at radius 2 is 1.91 bits per heavy atom. The Morgan fingerprint density at radius 1 is 1.18 bits per heavy atom. The maximum absolute atomic E-state index is 15.1. The van der Waals surface area contributed by atoms with Gasteiger partial charge in [-0.3, -0.25) is 4.79 Å². The van der Waals surface area contributed by atoms with Crippen molar-refractivity contribution in [1.82, 2.24) is 14.9 Å². The Labute approximate surface area is 199 Å². The largest absolute Gasteiger partial charge is 0.493 e. The summed E-state index contributed by atoms with van der Waals surface area (Å²) in [6.45, 7) is 1.13. The standard InChI is InChI=1S/C26H33FN4O3/c1-33-20-14-19-23(22(27)24(20)34-2)29-26(30-25(19)28)16-7-9-31(10-8-16)21(32)13-15-11-17-5-3-4-6-18(17)12-15/h7,14-15,17-18H,3-6,8-13H2,1-2H3,(H2,28,29,30)/t15?,17-,18+. The summed E-state index contributed by atoms with van der Waals surface area (Å²) in [4.78, 5) is 23.8. The van der Waals surface area contributed by atoms with Gasteiger partial charge in [-0.05, 0) is 48.7 Å². The van der Waals surface area contributed by atoms with Crippen LogP contribution in [0.15, 0.2) is 12.1 Å². The van der Waals surface area contributed by atoms with E-state index in [0.29, 0.717) is 43.1 Å². The lowest BCUT2D eigenvalue weighted by Crippen LogP contribution is -2.35. The van der Waals surface area contributed by atoms with Gasteiger partial charge in [0.15, 0.2) is 23.1 Å². The lowest BCUT2D eigenvalue weighted by Gasteiger charge is -2.27. The molecule has 1 aromatic heterocycles. The van der Waals surface area contributed by atoms with Crippen LogP contribution in [0.5, 0.6) is 11.5 Å². The van der Waals surface area contributed by atoms with Crippen LogP contribution in [0.4, 0.5) is 10.2 Å². The van der Waals surface area contributed by atoms with Crippen molar-refractivity contribution in [2.75, 3.05) is 33.0 Å². The summed E-state index contributed by atoms with van der Waals surface area (Å²) in [6.07, 6.45) is 11.1. The number of rotatable bonds is 5. The van der Waals surface area contributed by atoms with E-state index in [1.807, 2.05) is 11.0 Å². The van der Waals surface area contributed by atoms with Gasteiger partial charge in [-0.15, -0.1) is 0 Å². The molecule has 1 amide bonds. The predicted octanol–water partition coefficient (Wildman–Crippen LogP) is 4.59. The smallest absolute Gasteiger partial charge is 0.223 e. The van der Waals surface area contributed by atoms with Crippen LogP contribution in [0.3, 0.4) is 0 Å². The molecular weight excluding hydrogens is 435 g/mol. The highest BCUT2D eigenvalue weighted by molar-refractivity contribution is 5.92. The highest BCUT2D eigenvalue weighted by Gasteiger charge is 2.37. The first kappa shape index (κ1) is 22.9. The Hall–Kier alpha value is -2.90. The van der Waals surface area contributed by atoms with Gasteiger partial charge in [-0.1, -0.05) is 31.8 Å². The predicted molar refractivity (Wildman–Crippen MR) is 129 cm³/mol. The molecule has 8 heteroatoms. The zero-order chi connectivity index (χ0) is 23.8. The zero-order valence-corrected chi connectivity index (χ0v) is 20.0. The van der Waals surface area contributed by atoms with E-state index in [2.05, 4.69) is 9.97 Å². The second-order valence-corrected chi connectivity index (χ2v) is 9.92. The Bertz CT molecular complexity index is 1120. The lowest BCUT2D eigenvalue weighted by molar-refractivity contribution is -0.131. The van der Waals surface area contributed by atoms with E-state index in [0.717, 1.165) is 17.4 Å². The summed E-state index contributed by atoms with van der Waals surface area (Å²) in [6, 6.07) is 1.59. The molecule has 0 saturated heterocycles. The van der Waals surface area contributed by atoms with Gasteiger partial charge in [0.05, 0.1) is 14.2 Å². The number of ether oxygens (including phenoxy) is 2. The number of nitrogen functional groups attached to an aromatic ring is 1. The summed E-state index contributed by atoms with van der Waals surface area (Å²) < 4.78 is 25.5. The SMILES string of the molecule is COc1cc2c(N)nc(C3=CCN(C(=O)CC4C[C@H]5CCCC[C@H]5C4)CC3)nc2c(F)c1OC. The molecule has 2 aromatic rings. The number of nitrogens with zero attached hydrogens (tertiary/aromatic N) is 3. The average molecular weight is 469 g/mol. The summed E-state index contributed by atoms with van der Waals surface area (Å²) in [5.74, 6) is 2.62. The van der Waals surface area contributed by atoms with Crippen molar-refractivity contribution in [2.45, 2.75) is 51.4 Å². The molecule has 2 fully saturated rings. The molecule has 34 heavy (non-hydrogen) atoms. The molecular formula is C26H33FN4O3. The van der Waals surface area contributed by atoms with Crippen LogP contribution in [-0.4, -0.2) is 48.1 Å². The fourth-order valence-corrected chi connectivity index (χ4v) is 6.19. The molecule has 1 unspecified atom stereocenters. The van der Waals surface area contributed by atoms with Gasteiger partial charge in [0.2, 0.25) is 5.91 Å². The second kappa shape index (κ2) is 9.39. The first-order valence-corrected chi connectivity index (χ1v) is 12.3. The molecule has 2 saturated carbocycles. The number of carbonyl (C=O) groups excluding carboxylic acids is 1. The number of amides is 1. The minimum atomic E-state index is -0.627. The zero-order valence-electron chi connectivity index (χ0n) is 20.0. The molecule has 1 aromatic carbocycles. The third-order valence-electron chi connectivity index (χ3n) is 7.96. The number of anilines is 1. The number of hydrogen-bond acceptors (Lipinski definition) is 6. The minimum Gasteiger partial charge on any atom is -0.493 e. The Balaban J connectivity index is 1.30. The van der Waals surface area contributed by atoms with Crippen molar-refractivity contribution in [2.24, 2.45) is 17.8 Å². The van der Waals surface area contributed by atoms with E-state index in [9.17, 15) is 4.79 Å². The van der Waals surface area contributed by atoms with Gasteiger partial charge in [0.1, 0.15) is 11.3 Å². The number of nitrogens with two attached hydrogens (primary N) is 1. The summed E-state index contributed by atoms with van der Waals surface area (Å²) in [5.41, 5.74) is 7.13. The number of benzene rings is 1. The average Bonchev–Trinajstić information content (AvgIpc) is 3.26. The maximum atomic E-state index is 15.1. The third kappa shape index (κ3) is 4.18. The monoisotopic (exact) mass is 468 g/mol. The van der Waals surface area contributed by atoms with Crippen LogP contribution in [0.25, 0.3) is 16.5 Å². The molecule has 1 aliphatic heterocycles. The van der Waals surface area contributed by atoms with Crippen LogP contribution in [0.2, 0.25) is 0 Å². The molecule has 5 rings (SSSR count). The van der Waals surface area contributed by atoms with Gasteiger partial charge < -0.3 is 20.1 Å². The van der Waals surface area contributed by atoms with Crippen molar-refractivity contribution < 1.29 is 18.7 Å². The number of aromatic nitrogens is 2. The Morgan fingerprint density at radius 3 is 2.53 bits per heavy atom. The molecule has 7 nitrogen and oxygen atoms in total. The number of hydrogen-bond donors (Lipinski definition) is 1. The number of fused-ring (bicyclic) bond motifs is 2. The molecule has 2 heterocycles. The first-order valence-electron chi connectivity index (χ1n) is 12.3. The highest BCUT2D eigenvalue weighted by atomic mass is 19.1. The van der Waals surface area contributed by atoms with Crippen molar-refractivity contribution >= 4 is 28.2 Å². The van der Waals surface area contributed by atoms with Crippen LogP contribution in [0, 0.1) is 23.6 Å². The number of carbonyl (C=O) groups is 1. The summed E-state index contributed by atoms with van der Waals surface area (Å²) in [5, 5.41) is 0.379. The maximum Gasteiger partial charge on any atom is 0.223 e. The molecule has 2 aliphatic carbocycles. The second-order valence-electron chi connectivity index (χ2n) is 9.92. The van der Waals surface area contributed by atoms with E-state index in [1.54, 1.807) is 6.07 Å². The van der Waals surface area contributed by atoms with Gasteiger partial charge in [-0.2, -0.15) is 0 Å². The normalized spacial score (nSPS) is 24.6. The topological polar surface area (TPSA) is 90.6 Å². The fraction of sp³-hybridized carbons (Fsp3) is 0.577. The number of methoxy groups -OCH3 is 2. The van der Waals surface area contributed by atoms with Crippen molar-refractivity contribution in [3.63, 3.8) is 0 Å². The molecule has 0 spiro atoms. The van der Waals surface area contributed by atoms with Gasteiger partial charge in [0, 0.05) is 24.9 Å². The van der Waals surface area contributed by atoms with E-state index in [-0.39, 0.29) is 28.7 Å². The molecule has 3 aliphatic rings. The highest BCUT2D eigenvalue weighted by Crippen LogP contribution is 2.46. The van der Waals surface area contributed by atoms with E-state index in [4.69, 9.17) is 15.2 Å². The molecule has 0 bridgehead atoms. The first-order chi connectivity index (χ1) is 16.5. The van der Waals surface area contributed by atoms with Crippen molar-refractivity contribution in [1.29, 1.82) is 0 Å². The van der Waals surface area contributed by atoms with Crippen molar-refractivity contribution in [3.8, 4) is 11.5 Å². The van der Waals surface area contributed by atoms with E-state index < -0.39 is 5.82 Å². The molecule has 0 radical (unpaired) electrons. The van der Waals surface area contributed by atoms with Gasteiger partial charge in [0.25, 0.3) is 0 Å². The van der Waals surface area contributed by atoms with E-state index in [1.165, 1.54) is 52.7 Å². The minimum absolute atomic E-state index is 0.0137. The molecule has 2 N–H and O–H groups in total.